The van der Waals surface area contributed by atoms with Gasteiger partial charge in [-0.2, -0.15) is 13.2 Å². The van der Waals surface area contributed by atoms with Gasteiger partial charge in [0.2, 0.25) is 0 Å². The first-order valence-corrected chi connectivity index (χ1v) is 7.03. The Hall–Kier alpha value is -1.34. The van der Waals surface area contributed by atoms with E-state index in [2.05, 4.69) is 4.90 Å². The van der Waals surface area contributed by atoms with E-state index in [1.165, 1.54) is 6.07 Å². The maximum absolute atomic E-state index is 13.1. The maximum atomic E-state index is 13.1. The fraction of sp³-hybridized carbons (Fsp3) is 0.500. The van der Waals surface area contributed by atoms with Crippen molar-refractivity contribution in [3.63, 3.8) is 0 Å². The fourth-order valence-corrected chi connectivity index (χ4v) is 2.75. The van der Waals surface area contributed by atoms with Crippen molar-refractivity contribution >= 4 is 22.9 Å². The Kier molecular flexibility index (Phi) is 4.43. The number of thiocarbonyl (C=S) groups is 1. The third-order valence-electron chi connectivity index (χ3n) is 3.83. The number of likely N-dealkylation sites (N-methyl/N-ethyl adjacent to an activating group) is 1. The second kappa shape index (κ2) is 5.81. The zero-order valence-corrected chi connectivity index (χ0v) is 12.8. The van der Waals surface area contributed by atoms with Crippen molar-refractivity contribution in [2.24, 2.45) is 5.73 Å². The van der Waals surface area contributed by atoms with Crippen molar-refractivity contribution in [3.8, 4) is 0 Å². The van der Waals surface area contributed by atoms with Crippen LogP contribution in [0.5, 0.6) is 0 Å². The summed E-state index contributed by atoms with van der Waals surface area (Å²) in [5.74, 6) is 0. The molecule has 0 amide bonds. The molecular formula is C14H18F3N3S. The van der Waals surface area contributed by atoms with E-state index in [9.17, 15) is 13.2 Å². The number of halogens is 3. The van der Waals surface area contributed by atoms with Gasteiger partial charge >= 0.3 is 6.18 Å². The third-order valence-corrected chi connectivity index (χ3v) is 4.05. The van der Waals surface area contributed by atoms with E-state index in [4.69, 9.17) is 18.0 Å². The quantitative estimate of drug-likeness (QED) is 0.868. The monoisotopic (exact) mass is 317 g/mol. The molecular weight excluding hydrogens is 299 g/mol. The molecule has 21 heavy (non-hydrogen) atoms. The lowest BCUT2D eigenvalue weighted by Gasteiger charge is -2.23. The summed E-state index contributed by atoms with van der Waals surface area (Å²) in [5, 5.41) is 0. The fourth-order valence-electron chi connectivity index (χ4n) is 2.58. The molecule has 1 aromatic carbocycles. The largest absolute Gasteiger partial charge is 0.417 e. The van der Waals surface area contributed by atoms with Crippen molar-refractivity contribution in [1.29, 1.82) is 0 Å². The topological polar surface area (TPSA) is 32.5 Å². The normalized spacial score (nSPS) is 19.3. The molecule has 1 aliphatic rings. The van der Waals surface area contributed by atoms with Crippen LogP contribution >= 0.6 is 12.2 Å². The van der Waals surface area contributed by atoms with E-state index in [0.29, 0.717) is 11.7 Å². The first-order valence-electron chi connectivity index (χ1n) is 6.62. The van der Waals surface area contributed by atoms with Crippen LogP contribution in [0.1, 0.15) is 17.5 Å². The number of rotatable bonds is 3. The zero-order valence-electron chi connectivity index (χ0n) is 11.9. The standard InChI is InChI=1S/C14H18F3N3S/c1-19(2)10-5-6-20(8-10)9-3-4-11(13(18)21)12(7-9)14(15,16)17/h3-4,7,10H,5-6,8H2,1-2H3,(H2,18,21). The highest BCUT2D eigenvalue weighted by molar-refractivity contribution is 7.80. The first kappa shape index (κ1) is 16.0. The highest BCUT2D eigenvalue weighted by atomic mass is 32.1. The van der Waals surface area contributed by atoms with Crippen molar-refractivity contribution in [1.82, 2.24) is 4.90 Å². The van der Waals surface area contributed by atoms with Gasteiger partial charge in [0.05, 0.1) is 5.56 Å². The molecule has 0 bridgehead atoms. The zero-order chi connectivity index (χ0) is 15.8. The van der Waals surface area contributed by atoms with Crippen molar-refractivity contribution in [3.05, 3.63) is 29.3 Å². The molecule has 0 saturated carbocycles. The van der Waals surface area contributed by atoms with E-state index in [1.807, 2.05) is 19.0 Å². The van der Waals surface area contributed by atoms with Crippen LogP contribution in [0, 0.1) is 0 Å². The average Bonchev–Trinajstić information content (AvgIpc) is 2.86. The highest BCUT2D eigenvalue weighted by Crippen LogP contribution is 2.35. The number of nitrogens with zero attached hydrogens (tertiary/aromatic N) is 2. The number of hydrogen-bond acceptors (Lipinski definition) is 3. The van der Waals surface area contributed by atoms with E-state index >= 15 is 0 Å². The Bertz CT molecular complexity index is 543. The Morgan fingerprint density at radius 3 is 2.52 bits per heavy atom. The molecule has 0 aliphatic carbocycles. The molecule has 0 aromatic heterocycles. The van der Waals surface area contributed by atoms with Crippen molar-refractivity contribution in [2.45, 2.75) is 18.6 Å². The molecule has 2 rings (SSSR count). The van der Waals surface area contributed by atoms with E-state index in [0.717, 1.165) is 25.6 Å². The van der Waals surface area contributed by atoms with Gasteiger partial charge in [0.25, 0.3) is 0 Å². The SMILES string of the molecule is CN(C)C1CCN(c2ccc(C(N)=S)c(C(F)(F)F)c2)C1. The van der Waals surface area contributed by atoms with Gasteiger partial charge in [-0.25, -0.2) is 0 Å². The summed E-state index contributed by atoms with van der Waals surface area (Å²) in [7, 11) is 3.95. The second-order valence-electron chi connectivity index (χ2n) is 5.44. The molecule has 3 nitrogen and oxygen atoms in total. The van der Waals surface area contributed by atoms with Crippen LogP contribution < -0.4 is 10.6 Å². The molecule has 2 N–H and O–H groups in total. The molecule has 1 saturated heterocycles. The predicted octanol–water partition coefficient (Wildman–Crippen LogP) is 2.48. The molecule has 1 unspecified atom stereocenters. The van der Waals surface area contributed by atoms with Crippen LogP contribution in [-0.4, -0.2) is 43.1 Å². The number of alkyl halides is 3. The van der Waals surface area contributed by atoms with Crippen LogP contribution in [0.25, 0.3) is 0 Å². The molecule has 1 fully saturated rings. The highest BCUT2D eigenvalue weighted by Gasteiger charge is 2.35. The molecule has 0 radical (unpaired) electrons. The third kappa shape index (κ3) is 3.47. The molecule has 116 valence electrons. The van der Waals surface area contributed by atoms with Gasteiger partial charge in [-0.1, -0.05) is 12.2 Å². The van der Waals surface area contributed by atoms with Crippen LogP contribution in [0.3, 0.4) is 0 Å². The minimum absolute atomic E-state index is 0.121. The molecule has 7 heteroatoms. The average molecular weight is 317 g/mol. The molecule has 1 aromatic rings. The van der Waals surface area contributed by atoms with Crippen LogP contribution in [0.15, 0.2) is 18.2 Å². The Morgan fingerprint density at radius 1 is 1.38 bits per heavy atom. The van der Waals surface area contributed by atoms with Crippen LogP contribution in [-0.2, 0) is 6.18 Å². The summed E-state index contributed by atoms with van der Waals surface area (Å²) in [6.07, 6.45) is -3.53. The first-order chi connectivity index (χ1) is 9.70. The van der Waals surface area contributed by atoms with Crippen molar-refractivity contribution < 1.29 is 13.2 Å². The lowest BCUT2D eigenvalue weighted by atomic mass is 10.1. The van der Waals surface area contributed by atoms with Gasteiger partial charge < -0.3 is 15.5 Å². The maximum Gasteiger partial charge on any atom is 0.417 e. The molecule has 0 spiro atoms. The van der Waals surface area contributed by atoms with E-state index in [-0.39, 0.29) is 10.6 Å². The minimum atomic E-state index is -4.46. The minimum Gasteiger partial charge on any atom is -0.389 e. The van der Waals surface area contributed by atoms with Gasteiger partial charge in [0.15, 0.2) is 0 Å². The smallest absolute Gasteiger partial charge is 0.389 e. The molecule has 1 aliphatic heterocycles. The van der Waals surface area contributed by atoms with Gasteiger partial charge in [-0.3, -0.25) is 0 Å². The summed E-state index contributed by atoms with van der Waals surface area (Å²) in [6.45, 7) is 1.46. The summed E-state index contributed by atoms with van der Waals surface area (Å²) < 4.78 is 39.4. The number of anilines is 1. The Balaban J connectivity index is 2.33. The molecule has 1 heterocycles. The number of hydrogen-bond donors (Lipinski definition) is 1. The van der Waals surface area contributed by atoms with Crippen molar-refractivity contribution in [2.75, 3.05) is 32.1 Å². The van der Waals surface area contributed by atoms with Gasteiger partial charge in [0, 0.05) is 30.4 Å². The summed E-state index contributed by atoms with van der Waals surface area (Å²) >= 11 is 4.71. The van der Waals surface area contributed by atoms with E-state index < -0.39 is 11.7 Å². The number of benzene rings is 1. The van der Waals surface area contributed by atoms with Gasteiger partial charge in [-0.05, 0) is 38.7 Å². The van der Waals surface area contributed by atoms with Gasteiger partial charge in [0.1, 0.15) is 4.99 Å². The Morgan fingerprint density at radius 2 is 2.05 bits per heavy atom. The summed E-state index contributed by atoms with van der Waals surface area (Å²) in [4.78, 5) is 3.82. The summed E-state index contributed by atoms with van der Waals surface area (Å²) in [5.41, 5.74) is 5.07. The van der Waals surface area contributed by atoms with Crippen LogP contribution in [0.2, 0.25) is 0 Å². The van der Waals surface area contributed by atoms with E-state index in [1.54, 1.807) is 6.07 Å². The predicted molar refractivity (Wildman–Crippen MR) is 81.6 cm³/mol. The van der Waals surface area contributed by atoms with Gasteiger partial charge in [-0.15, -0.1) is 0 Å². The molecule has 1 atom stereocenters. The van der Waals surface area contributed by atoms with Crippen LogP contribution in [0.4, 0.5) is 18.9 Å². The summed E-state index contributed by atoms with van der Waals surface area (Å²) in [6, 6.07) is 4.52. The lowest BCUT2D eigenvalue weighted by molar-refractivity contribution is -0.137. The number of nitrogens with two attached hydrogens (primary N) is 1. The Labute approximate surface area is 127 Å². The lowest BCUT2D eigenvalue weighted by Crippen LogP contribution is -2.31. The second-order valence-corrected chi connectivity index (χ2v) is 5.88.